The normalized spacial score (nSPS) is 12.7. The lowest BCUT2D eigenvalue weighted by molar-refractivity contribution is -0.139. The number of carbonyl (C=O) groups is 1. The van der Waals surface area contributed by atoms with Crippen LogP contribution in [-0.2, 0) is 11.0 Å². The highest BCUT2D eigenvalue weighted by Gasteiger charge is 2.34. The number of aliphatic hydroxyl groups is 1. The molecule has 0 radical (unpaired) electrons. The lowest BCUT2D eigenvalue weighted by atomic mass is 10.2. The summed E-state index contributed by atoms with van der Waals surface area (Å²) < 4.78 is 48.4. The Balaban J connectivity index is 1.97. The van der Waals surface area contributed by atoms with Crippen molar-refractivity contribution in [2.45, 2.75) is 12.2 Å². The quantitative estimate of drug-likeness (QED) is 0.854. The molecular weight excluding hydrogens is 315 g/mol. The molecule has 1 aromatic heterocycles. The maximum Gasteiger partial charge on any atom is 0.419 e. The van der Waals surface area contributed by atoms with E-state index in [4.69, 9.17) is 9.15 Å². The predicted molar refractivity (Wildman–Crippen MR) is 73.6 cm³/mol. The Morgan fingerprint density at radius 1 is 1.26 bits per heavy atom. The highest BCUT2D eigenvalue weighted by atomic mass is 19.4. The van der Waals surface area contributed by atoms with Crippen molar-refractivity contribution < 1.29 is 32.2 Å². The van der Waals surface area contributed by atoms with Crippen molar-refractivity contribution in [1.29, 1.82) is 0 Å². The van der Waals surface area contributed by atoms with E-state index in [1.807, 2.05) is 0 Å². The van der Waals surface area contributed by atoms with Gasteiger partial charge in [-0.2, -0.15) is 13.2 Å². The first kappa shape index (κ1) is 16.9. The first-order valence-electron chi connectivity index (χ1n) is 6.64. The van der Waals surface area contributed by atoms with Crippen LogP contribution in [0.15, 0.2) is 47.1 Å². The Bertz CT molecular complexity index is 640. The van der Waals surface area contributed by atoms with Crippen LogP contribution in [0.3, 0.4) is 0 Å². The first-order valence-corrected chi connectivity index (χ1v) is 6.64. The van der Waals surface area contributed by atoms with Gasteiger partial charge in [0.1, 0.15) is 17.6 Å². The van der Waals surface area contributed by atoms with Crippen LogP contribution in [0.1, 0.15) is 17.4 Å². The Labute approximate surface area is 129 Å². The number of para-hydroxylation sites is 1. The van der Waals surface area contributed by atoms with Crippen molar-refractivity contribution in [3.05, 3.63) is 54.0 Å². The van der Waals surface area contributed by atoms with Gasteiger partial charge >= 0.3 is 6.18 Å². The third-order valence-electron chi connectivity index (χ3n) is 2.96. The second-order valence-corrected chi connectivity index (χ2v) is 4.60. The summed E-state index contributed by atoms with van der Waals surface area (Å²) in [5.41, 5.74) is -0.961. The van der Waals surface area contributed by atoms with Crippen LogP contribution in [0, 0.1) is 0 Å². The number of rotatable bonds is 6. The predicted octanol–water partition coefficient (Wildman–Crippen LogP) is 2.53. The maximum absolute atomic E-state index is 12.8. The van der Waals surface area contributed by atoms with Gasteiger partial charge < -0.3 is 19.6 Å². The second-order valence-electron chi connectivity index (χ2n) is 4.60. The molecule has 0 aliphatic heterocycles. The fourth-order valence-corrected chi connectivity index (χ4v) is 1.90. The molecule has 23 heavy (non-hydrogen) atoms. The van der Waals surface area contributed by atoms with E-state index in [0.29, 0.717) is 5.76 Å². The van der Waals surface area contributed by atoms with E-state index in [-0.39, 0.29) is 0 Å². The van der Waals surface area contributed by atoms with Gasteiger partial charge in [-0.05, 0) is 24.3 Å². The molecule has 1 unspecified atom stereocenters. The molecule has 0 bridgehead atoms. The van der Waals surface area contributed by atoms with Crippen LogP contribution < -0.4 is 10.1 Å². The average Bonchev–Trinajstić information content (AvgIpc) is 3.04. The third-order valence-corrected chi connectivity index (χ3v) is 2.96. The molecule has 0 saturated carbocycles. The lowest BCUT2D eigenvalue weighted by Crippen LogP contribution is -2.34. The number of furan rings is 1. The highest BCUT2D eigenvalue weighted by molar-refractivity contribution is 5.78. The standard InChI is InChI=1S/C15H14F3NO4/c16-15(17,18)10-4-1-2-5-12(10)23-9-14(21)19-11(8-20)13-6-3-7-22-13/h1-7,11,20H,8-9H2,(H,19,21). The first-order chi connectivity index (χ1) is 10.9. The molecule has 0 spiro atoms. The van der Waals surface area contributed by atoms with E-state index in [1.54, 1.807) is 12.1 Å². The molecule has 8 heteroatoms. The minimum atomic E-state index is -4.57. The largest absolute Gasteiger partial charge is 0.483 e. The zero-order valence-corrected chi connectivity index (χ0v) is 11.8. The summed E-state index contributed by atoms with van der Waals surface area (Å²) in [6.45, 7) is -1.04. The van der Waals surface area contributed by atoms with Crippen molar-refractivity contribution in [3.63, 3.8) is 0 Å². The van der Waals surface area contributed by atoms with Gasteiger partial charge in [-0.1, -0.05) is 12.1 Å². The van der Waals surface area contributed by atoms with Gasteiger partial charge in [-0.3, -0.25) is 4.79 Å². The lowest BCUT2D eigenvalue weighted by Gasteiger charge is -2.16. The average molecular weight is 329 g/mol. The SMILES string of the molecule is O=C(COc1ccccc1C(F)(F)F)NC(CO)c1ccco1. The van der Waals surface area contributed by atoms with E-state index < -0.39 is 42.7 Å². The van der Waals surface area contributed by atoms with Gasteiger partial charge in [-0.15, -0.1) is 0 Å². The number of hydrogen-bond donors (Lipinski definition) is 2. The van der Waals surface area contributed by atoms with Gasteiger partial charge in [0, 0.05) is 0 Å². The summed E-state index contributed by atoms with van der Waals surface area (Å²) >= 11 is 0. The summed E-state index contributed by atoms with van der Waals surface area (Å²) in [5.74, 6) is -0.789. The van der Waals surface area contributed by atoms with Crippen molar-refractivity contribution in [3.8, 4) is 5.75 Å². The van der Waals surface area contributed by atoms with Gasteiger partial charge in [0.15, 0.2) is 6.61 Å². The van der Waals surface area contributed by atoms with Crippen molar-refractivity contribution >= 4 is 5.91 Å². The van der Waals surface area contributed by atoms with Gasteiger partial charge in [-0.25, -0.2) is 0 Å². The minimum Gasteiger partial charge on any atom is -0.483 e. The number of ether oxygens (including phenoxy) is 1. The van der Waals surface area contributed by atoms with Gasteiger partial charge in [0.2, 0.25) is 0 Å². The topological polar surface area (TPSA) is 71.7 Å². The number of halogens is 3. The van der Waals surface area contributed by atoms with E-state index in [1.165, 1.54) is 18.4 Å². The molecule has 124 valence electrons. The van der Waals surface area contributed by atoms with E-state index in [0.717, 1.165) is 12.1 Å². The number of amides is 1. The molecule has 0 fully saturated rings. The second kappa shape index (κ2) is 7.19. The van der Waals surface area contributed by atoms with Crippen molar-refractivity contribution in [1.82, 2.24) is 5.32 Å². The number of alkyl halides is 3. The molecule has 2 aromatic rings. The molecule has 1 atom stereocenters. The van der Waals surface area contributed by atoms with Crippen molar-refractivity contribution in [2.24, 2.45) is 0 Å². The zero-order valence-electron chi connectivity index (χ0n) is 11.8. The monoisotopic (exact) mass is 329 g/mol. The number of benzene rings is 1. The Morgan fingerprint density at radius 2 is 2.00 bits per heavy atom. The smallest absolute Gasteiger partial charge is 0.419 e. The van der Waals surface area contributed by atoms with E-state index in [9.17, 15) is 23.1 Å². The maximum atomic E-state index is 12.8. The minimum absolute atomic E-state index is 0.330. The molecule has 1 aromatic carbocycles. The van der Waals surface area contributed by atoms with Crippen LogP contribution in [-0.4, -0.2) is 24.2 Å². The molecule has 1 heterocycles. The summed E-state index contributed by atoms with van der Waals surface area (Å²) in [4.78, 5) is 11.8. The molecule has 2 N–H and O–H groups in total. The Morgan fingerprint density at radius 3 is 2.61 bits per heavy atom. The number of nitrogens with one attached hydrogen (secondary N) is 1. The summed E-state index contributed by atoms with van der Waals surface area (Å²) in [7, 11) is 0. The zero-order chi connectivity index (χ0) is 16.9. The Hall–Kier alpha value is -2.48. The fourth-order valence-electron chi connectivity index (χ4n) is 1.90. The molecule has 5 nitrogen and oxygen atoms in total. The number of aliphatic hydroxyl groups excluding tert-OH is 1. The van der Waals surface area contributed by atoms with Gasteiger partial charge in [0.25, 0.3) is 5.91 Å². The molecule has 0 saturated heterocycles. The summed E-state index contributed by atoms with van der Waals surface area (Å²) in [5, 5.41) is 11.6. The Kier molecular flexibility index (Phi) is 5.28. The molecule has 0 aliphatic rings. The molecular formula is C15H14F3NO4. The molecule has 2 rings (SSSR count). The van der Waals surface area contributed by atoms with Crippen LogP contribution in [0.5, 0.6) is 5.75 Å². The number of carbonyl (C=O) groups excluding carboxylic acids is 1. The van der Waals surface area contributed by atoms with Crippen LogP contribution in [0.4, 0.5) is 13.2 Å². The van der Waals surface area contributed by atoms with Crippen molar-refractivity contribution in [2.75, 3.05) is 13.2 Å². The summed E-state index contributed by atoms with van der Waals surface area (Å²) in [6.07, 6.45) is -3.20. The van der Waals surface area contributed by atoms with E-state index in [2.05, 4.69) is 5.32 Å². The number of hydrogen-bond acceptors (Lipinski definition) is 4. The van der Waals surface area contributed by atoms with Crippen LogP contribution >= 0.6 is 0 Å². The highest BCUT2D eigenvalue weighted by Crippen LogP contribution is 2.35. The fraction of sp³-hybridized carbons (Fsp3) is 0.267. The summed E-state index contributed by atoms with van der Waals surface area (Å²) in [6, 6.07) is 6.95. The van der Waals surface area contributed by atoms with Crippen LogP contribution in [0.25, 0.3) is 0 Å². The molecule has 1 amide bonds. The van der Waals surface area contributed by atoms with E-state index >= 15 is 0 Å². The van der Waals surface area contributed by atoms with Gasteiger partial charge in [0.05, 0.1) is 18.4 Å². The molecule has 0 aliphatic carbocycles. The van der Waals surface area contributed by atoms with Crippen LogP contribution in [0.2, 0.25) is 0 Å². The third kappa shape index (κ3) is 4.49.